The third-order valence-corrected chi connectivity index (χ3v) is 5.59. The molecule has 1 amide bonds. The predicted molar refractivity (Wildman–Crippen MR) is 122 cm³/mol. The molecular formula is C24H26BrNO5. The minimum Gasteiger partial charge on any atom is -0.507 e. The Balaban J connectivity index is 2.04. The van der Waals surface area contributed by atoms with Crippen molar-refractivity contribution in [3.8, 4) is 5.75 Å². The van der Waals surface area contributed by atoms with Crippen molar-refractivity contribution in [2.45, 2.75) is 32.4 Å². The molecule has 0 aliphatic carbocycles. The van der Waals surface area contributed by atoms with Gasteiger partial charge in [-0.15, -0.1) is 0 Å². The van der Waals surface area contributed by atoms with Crippen LogP contribution in [0.25, 0.3) is 5.76 Å². The van der Waals surface area contributed by atoms with Crippen LogP contribution in [0.2, 0.25) is 0 Å². The summed E-state index contributed by atoms with van der Waals surface area (Å²) >= 11 is 3.37. The number of hydrogen-bond donors (Lipinski definition) is 1. The summed E-state index contributed by atoms with van der Waals surface area (Å²) in [5, 5.41) is 11.0. The number of carbonyl (C=O) groups excluding carboxylic acids is 2. The maximum absolute atomic E-state index is 13.0. The van der Waals surface area contributed by atoms with Gasteiger partial charge in [0.05, 0.1) is 24.8 Å². The minimum absolute atomic E-state index is 0.0744. The highest BCUT2D eigenvalue weighted by Crippen LogP contribution is 2.40. The molecule has 1 fully saturated rings. The topological polar surface area (TPSA) is 76.1 Å². The SMILES string of the molecule is COc1cccc(C2/C(=C(/O)c3ccc(Br)cc3)C(=O)C(=O)N2CCCOC(C)C)c1. The van der Waals surface area contributed by atoms with Crippen molar-refractivity contribution in [3.05, 3.63) is 69.7 Å². The zero-order chi connectivity index (χ0) is 22.5. The van der Waals surface area contributed by atoms with Gasteiger partial charge in [-0.05, 0) is 50.1 Å². The molecule has 164 valence electrons. The Hall–Kier alpha value is -2.64. The molecule has 1 saturated heterocycles. The second-order valence-corrected chi connectivity index (χ2v) is 8.46. The van der Waals surface area contributed by atoms with Gasteiger partial charge in [-0.3, -0.25) is 9.59 Å². The summed E-state index contributed by atoms with van der Waals surface area (Å²) in [4.78, 5) is 27.4. The Kier molecular flexibility index (Phi) is 7.51. The first-order chi connectivity index (χ1) is 14.8. The number of methoxy groups -OCH3 is 1. The Labute approximate surface area is 190 Å². The van der Waals surface area contributed by atoms with Crippen molar-refractivity contribution in [2.75, 3.05) is 20.3 Å². The molecule has 1 unspecified atom stereocenters. The summed E-state index contributed by atoms with van der Waals surface area (Å²) in [6, 6.07) is 13.4. The van der Waals surface area contributed by atoms with Crippen LogP contribution in [0.3, 0.4) is 0 Å². The molecule has 1 aliphatic heterocycles. The molecule has 3 rings (SSSR count). The van der Waals surface area contributed by atoms with Gasteiger partial charge in [0.2, 0.25) is 0 Å². The summed E-state index contributed by atoms with van der Waals surface area (Å²) in [6.45, 7) is 4.69. The fraction of sp³-hybridized carbons (Fsp3) is 0.333. The number of aliphatic hydroxyl groups excluding tert-OH is 1. The van der Waals surface area contributed by atoms with Gasteiger partial charge in [-0.1, -0.05) is 40.2 Å². The Morgan fingerprint density at radius 1 is 1.16 bits per heavy atom. The van der Waals surface area contributed by atoms with Gasteiger partial charge in [0.25, 0.3) is 11.7 Å². The lowest BCUT2D eigenvalue weighted by Gasteiger charge is -2.25. The molecule has 0 aromatic heterocycles. The fourth-order valence-electron chi connectivity index (χ4n) is 3.59. The van der Waals surface area contributed by atoms with Crippen molar-refractivity contribution < 1.29 is 24.2 Å². The zero-order valence-electron chi connectivity index (χ0n) is 17.8. The van der Waals surface area contributed by atoms with E-state index in [-0.39, 0.29) is 17.4 Å². The van der Waals surface area contributed by atoms with E-state index in [1.165, 1.54) is 4.90 Å². The van der Waals surface area contributed by atoms with E-state index >= 15 is 0 Å². The average molecular weight is 488 g/mol. The number of benzene rings is 2. The maximum Gasteiger partial charge on any atom is 0.295 e. The summed E-state index contributed by atoms with van der Waals surface area (Å²) < 4.78 is 11.8. The molecule has 1 aliphatic rings. The molecule has 31 heavy (non-hydrogen) atoms. The largest absolute Gasteiger partial charge is 0.507 e. The molecule has 2 aromatic rings. The van der Waals surface area contributed by atoms with Gasteiger partial charge < -0.3 is 19.5 Å². The molecule has 2 aromatic carbocycles. The second-order valence-electron chi connectivity index (χ2n) is 7.55. The number of rotatable bonds is 8. The monoisotopic (exact) mass is 487 g/mol. The number of ketones is 1. The Morgan fingerprint density at radius 2 is 1.87 bits per heavy atom. The number of Topliss-reactive ketones (excluding diaryl/α,β-unsaturated/α-hetero) is 1. The Morgan fingerprint density at radius 3 is 2.52 bits per heavy atom. The van der Waals surface area contributed by atoms with Crippen LogP contribution in [-0.2, 0) is 14.3 Å². The highest BCUT2D eigenvalue weighted by atomic mass is 79.9. The van der Waals surface area contributed by atoms with Crippen LogP contribution in [0.4, 0.5) is 0 Å². The summed E-state index contributed by atoms with van der Waals surface area (Å²) in [7, 11) is 1.56. The third kappa shape index (κ3) is 5.17. The van der Waals surface area contributed by atoms with Gasteiger partial charge in [-0.25, -0.2) is 0 Å². The van der Waals surface area contributed by atoms with E-state index in [0.29, 0.717) is 36.4 Å². The van der Waals surface area contributed by atoms with Crippen LogP contribution in [-0.4, -0.2) is 48.1 Å². The summed E-state index contributed by atoms with van der Waals surface area (Å²) in [6.07, 6.45) is 0.659. The lowest BCUT2D eigenvalue weighted by atomic mass is 9.95. The number of hydrogen-bond acceptors (Lipinski definition) is 5. The molecule has 0 radical (unpaired) electrons. The number of amides is 1. The summed E-state index contributed by atoms with van der Waals surface area (Å²) in [5.74, 6) is -0.913. The standard InChI is InChI=1S/C24H26BrNO5/c1-15(2)31-13-5-12-26-21(17-6-4-7-19(14-17)30-3)20(23(28)24(26)29)22(27)16-8-10-18(25)11-9-16/h4,6-11,14-15,21,27H,5,12-13H2,1-3H3/b22-20-. The van der Waals surface area contributed by atoms with Gasteiger partial charge >= 0.3 is 0 Å². The van der Waals surface area contributed by atoms with Crippen molar-refractivity contribution in [2.24, 2.45) is 0 Å². The second kappa shape index (κ2) is 10.1. The normalized spacial score (nSPS) is 18.1. The van der Waals surface area contributed by atoms with E-state index in [4.69, 9.17) is 9.47 Å². The number of ether oxygens (including phenoxy) is 2. The van der Waals surface area contributed by atoms with Crippen molar-refractivity contribution in [1.82, 2.24) is 4.90 Å². The first-order valence-corrected chi connectivity index (χ1v) is 10.9. The highest BCUT2D eigenvalue weighted by molar-refractivity contribution is 9.10. The first kappa shape index (κ1) is 23.0. The summed E-state index contributed by atoms with van der Waals surface area (Å²) in [5.41, 5.74) is 1.24. The molecule has 1 heterocycles. The number of likely N-dealkylation sites (tertiary alicyclic amines) is 1. The van der Waals surface area contributed by atoms with Crippen molar-refractivity contribution in [1.29, 1.82) is 0 Å². The molecule has 1 atom stereocenters. The quantitative estimate of drug-likeness (QED) is 0.253. The number of nitrogens with zero attached hydrogens (tertiary/aromatic N) is 1. The molecule has 6 nitrogen and oxygen atoms in total. The van der Waals surface area contributed by atoms with E-state index in [1.54, 1.807) is 49.6 Å². The molecule has 1 N–H and O–H groups in total. The molecule has 0 saturated carbocycles. The van der Waals surface area contributed by atoms with E-state index in [9.17, 15) is 14.7 Å². The van der Waals surface area contributed by atoms with E-state index in [2.05, 4.69) is 15.9 Å². The fourth-order valence-corrected chi connectivity index (χ4v) is 3.85. The average Bonchev–Trinajstić information content (AvgIpc) is 3.01. The van der Waals surface area contributed by atoms with Crippen LogP contribution in [0.15, 0.2) is 58.6 Å². The number of halogens is 1. The van der Waals surface area contributed by atoms with Crippen LogP contribution >= 0.6 is 15.9 Å². The van der Waals surface area contributed by atoms with Crippen LogP contribution in [0.5, 0.6) is 5.75 Å². The number of carbonyl (C=O) groups is 2. The minimum atomic E-state index is -0.710. The first-order valence-electron chi connectivity index (χ1n) is 10.1. The predicted octanol–water partition coefficient (Wildman–Crippen LogP) is 4.69. The van der Waals surface area contributed by atoms with Gasteiger partial charge in [-0.2, -0.15) is 0 Å². The number of aliphatic hydroxyl groups is 1. The van der Waals surface area contributed by atoms with E-state index < -0.39 is 17.7 Å². The van der Waals surface area contributed by atoms with Crippen molar-refractivity contribution >= 4 is 33.4 Å². The lowest BCUT2D eigenvalue weighted by molar-refractivity contribution is -0.140. The molecular weight excluding hydrogens is 462 g/mol. The molecule has 7 heteroatoms. The molecule has 0 spiro atoms. The third-order valence-electron chi connectivity index (χ3n) is 5.06. The molecule has 0 bridgehead atoms. The van der Waals surface area contributed by atoms with Gasteiger partial charge in [0.15, 0.2) is 0 Å². The van der Waals surface area contributed by atoms with Crippen LogP contribution in [0.1, 0.15) is 37.4 Å². The Bertz CT molecular complexity index is 984. The van der Waals surface area contributed by atoms with Crippen LogP contribution in [0, 0.1) is 0 Å². The van der Waals surface area contributed by atoms with Gasteiger partial charge in [0.1, 0.15) is 11.5 Å². The highest BCUT2D eigenvalue weighted by Gasteiger charge is 2.45. The van der Waals surface area contributed by atoms with E-state index in [1.807, 2.05) is 19.9 Å². The lowest BCUT2D eigenvalue weighted by Crippen LogP contribution is -2.31. The zero-order valence-corrected chi connectivity index (χ0v) is 19.4. The van der Waals surface area contributed by atoms with Gasteiger partial charge in [0, 0.05) is 23.2 Å². The van der Waals surface area contributed by atoms with E-state index in [0.717, 1.165) is 4.47 Å². The maximum atomic E-state index is 13.0. The van der Waals surface area contributed by atoms with Crippen molar-refractivity contribution in [3.63, 3.8) is 0 Å². The van der Waals surface area contributed by atoms with Crippen LogP contribution < -0.4 is 4.74 Å². The smallest absolute Gasteiger partial charge is 0.295 e.